The summed E-state index contributed by atoms with van der Waals surface area (Å²) in [5.41, 5.74) is 1.60. The van der Waals surface area contributed by atoms with Gasteiger partial charge in [-0.1, -0.05) is 0 Å². The Hall–Kier alpha value is -1.36. The van der Waals surface area contributed by atoms with E-state index in [1.54, 1.807) is 13.2 Å². The highest BCUT2D eigenvalue weighted by molar-refractivity contribution is 5.50. The van der Waals surface area contributed by atoms with Gasteiger partial charge in [0.25, 0.3) is 5.56 Å². The topological polar surface area (TPSA) is 59.0 Å². The van der Waals surface area contributed by atoms with E-state index >= 15 is 0 Å². The van der Waals surface area contributed by atoms with E-state index in [1.165, 1.54) is 4.68 Å². The summed E-state index contributed by atoms with van der Waals surface area (Å²) >= 11 is 0. The average Bonchev–Trinajstić information content (AvgIpc) is 2.35. The molecule has 0 saturated heterocycles. The van der Waals surface area contributed by atoms with Crippen LogP contribution in [0.15, 0.2) is 11.0 Å². The van der Waals surface area contributed by atoms with Gasteiger partial charge in [-0.15, -0.1) is 0 Å². The van der Waals surface area contributed by atoms with Crippen LogP contribution in [0.1, 0.15) is 18.5 Å². The van der Waals surface area contributed by atoms with E-state index in [0.717, 1.165) is 24.3 Å². The van der Waals surface area contributed by atoms with Gasteiger partial charge in [-0.3, -0.25) is 4.79 Å². The first-order chi connectivity index (χ1) is 6.70. The maximum Gasteiger partial charge on any atom is 0.273 e. The van der Waals surface area contributed by atoms with Gasteiger partial charge in [-0.25, -0.2) is 4.68 Å². The molecule has 0 bridgehead atoms. The molecule has 0 aliphatic carbocycles. The Bertz CT molecular complexity index is 398. The van der Waals surface area contributed by atoms with Gasteiger partial charge >= 0.3 is 0 Å². The minimum atomic E-state index is -0.0306. The first kappa shape index (κ1) is 9.21. The van der Waals surface area contributed by atoms with Crippen LogP contribution in [0.3, 0.4) is 0 Å². The van der Waals surface area contributed by atoms with Gasteiger partial charge in [0.05, 0.1) is 17.4 Å². The Morgan fingerprint density at radius 3 is 3.14 bits per heavy atom. The van der Waals surface area contributed by atoms with Gasteiger partial charge in [-0.05, 0) is 6.92 Å². The second kappa shape index (κ2) is 3.42. The van der Waals surface area contributed by atoms with Crippen molar-refractivity contribution in [3.05, 3.63) is 22.1 Å². The van der Waals surface area contributed by atoms with E-state index in [2.05, 4.69) is 15.7 Å². The Morgan fingerprint density at radius 2 is 2.36 bits per heavy atom. The highest BCUT2D eigenvalue weighted by Crippen LogP contribution is 2.18. The third kappa shape index (κ3) is 1.39. The van der Waals surface area contributed by atoms with Gasteiger partial charge in [0.15, 0.2) is 0 Å². The molecule has 0 amide bonds. The molecule has 1 unspecified atom stereocenters. The lowest BCUT2D eigenvalue weighted by Gasteiger charge is -2.12. The molecule has 2 rings (SSSR count). The molecule has 5 nitrogen and oxygen atoms in total. The monoisotopic (exact) mass is 194 g/mol. The van der Waals surface area contributed by atoms with Crippen LogP contribution < -0.4 is 16.2 Å². The summed E-state index contributed by atoms with van der Waals surface area (Å²) < 4.78 is 1.37. The van der Waals surface area contributed by atoms with Crippen LogP contribution in [0.2, 0.25) is 0 Å². The first-order valence-corrected chi connectivity index (χ1v) is 4.73. The van der Waals surface area contributed by atoms with Crippen molar-refractivity contribution in [3.63, 3.8) is 0 Å². The van der Waals surface area contributed by atoms with Crippen LogP contribution in [0.25, 0.3) is 0 Å². The number of nitrogens with zero attached hydrogens (tertiary/aromatic N) is 2. The summed E-state index contributed by atoms with van der Waals surface area (Å²) in [6.45, 7) is 3.68. The number of fused-ring (bicyclic) bond motifs is 1. The molecule has 5 heteroatoms. The normalized spacial score (nSPS) is 20.9. The minimum absolute atomic E-state index is 0.0306. The lowest BCUT2D eigenvalue weighted by molar-refractivity contribution is 0.582. The molecular weight excluding hydrogens is 180 g/mol. The lowest BCUT2D eigenvalue weighted by Crippen LogP contribution is -2.29. The summed E-state index contributed by atoms with van der Waals surface area (Å²) in [6, 6.07) is 0.0849. The van der Waals surface area contributed by atoms with Gasteiger partial charge in [0.1, 0.15) is 0 Å². The van der Waals surface area contributed by atoms with Gasteiger partial charge in [-0.2, -0.15) is 5.10 Å². The first-order valence-electron chi connectivity index (χ1n) is 4.73. The number of anilines is 1. The van der Waals surface area contributed by atoms with E-state index in [-0.39, 0.29) is 11.6 Å². The number of nitrogens with one attached hydrogen (secondary N) is 2. The van der Waals surface area contributed by atoms with Crippen molar-refractivity contribution in [1.82, 2.24) is 15.1 Å². The Labute approximate surface area is 82.1 Å². The van der Waals surface area contributed by atoms with Crippen molar-refractivity contribution >= 4 is 5.69 Å². The maximum atomic E-state index is 11.8. The molecule has 1 aromatic rings. The molecule has 0 radical (unpaired) electrons. The predicted octanol–water partition coefficient (Wildman–Crippen LogP) is -0.144. The summed E-state index contributed by atoms with van der Waals surface area (Å²) in [5.74, 6) is 0. The second-order valence-corrected chi connectivity index (χ2v) is 3.50. The highest BCUT2D eigenvalue weighted by Gasteiger charge is 2.18. The largest absolute Gasteiger partial charge is 0.382 e. The summed E-state index contributed by atoms with van der Waals surface area (Å²) in [6.07, 6.45) is 1.71. The van der Waals surface area contributed by atoms with E-state index in [4.69, 9.17) is 0 Å². The third-order valence-corrected chi connectivity index (χ3v) is 2.50. The predicted molar refractivity (Wildman–Crippen MR) is 54.4 cm³/mol. The van der Waals surface area contributed by atoms with Crippen LogP contribution in [-0.2, 0) is 7.05 Å². The SMILES string of the molecule is CC1NCCNc2cnn(C)c(=O)c21. The van der Waals surface area contributed by atoms with Gasteiger partial charge in [0, 0.05) is 26.2 Å². The van der Waals surface area contributed by atoms with Crippen LogP contribution in [0.5, 0.6) is 0 Å². The zero-order chi connectivity index (χ0) is 10.1. The average molecular weight is 194 g/mol. The van der Waals surface area contributed by atoms with Crippen LogP contribution in [-0.4, -0.2) is 22.9 Å². The fraction of sp³-hybridized carbons (Fsp3) is 0.556. The summed E-state index contributed by atoms with van der Waals surface area (Å²) in [5, 5.41) is 10.4. The molecule has 1 atom stereocenters. The van der Waals surface area contributed by atoms with E-state index in [1.807, 2.05) is 6.92 Å². The quantitative estimate of drug-likeness (QED) is 0.603. The van der Waals surface area contributed by atoms with Crippen LogP contribution in [0, 0.1) is 0 Å². The summed E-state index contributed by atoms with van der Waals surface area (Å²) in [4.78, 5) is 11.8. The molecule has 0 fully saturated rings. The van der Waals surface area contributed by atoms with Crippen LogP contribution in [0.4, 0.5) is 5.69 Å². The molecular formula is C9H14N4O. The fourth-order valence-electron chi connectivity index (χ4n) is 1.70. The van der Waals surface area contributed by atoms with Crippen molar-refractivity contribution in [1.29, 1.82) is 0 Å². The molecule has 76 valence electrons. The van der Waals surface area contributed by atoms with Crippen molar-refractivity contribution in [2.75, 3.05) is 18.4 Å². The number of hydrogen-bond donors (Lipinski definition) is 2. The lowest BCUT2D eigenvalue weighted by atomic mass is 10.1. The molecule has 1 aromatic heterocycles. The van der Waals surface area contributed by atoms with E-state index in [9.17, 15) is 4.79 Å². The molecule has 1 aliphatic heterocycles. The molecule has 0 aromatic carbocycles. The molecule has 2 N–H and O–H groups in total. The zero-order valence-electron chi connectivity index (χ0n) is 8.37. The smallest absolute Gasteiger partial charge is 0.273 e. The third-order valence-electron chi connectivity index (χ3n) is 2.50. The molecule has 1 aliphatic rings. The molecule has 0 saturated carbocycles. The van der Waals surface area contributed by atoms with Gasteiger partial charge in [0.2, 0.25) is 0 Å². The van der Waals surface area contributed by atoms with Crippen molar-refractivity contribution in [2.45, 2.75) is 13.0 Å². The maximum absolute atomic E-state index is 11.8. The Balaban J connectivity index is 2.60. The fourth-order valence-corrected chi connectivity index (χ4v) is 1.70. The van der Waals surface area contributed by atoms with E-state index < -0.39 is 0 Å². The molecule has 14 heavy (non-hydrogen) atoms. The number of hydrogen-bond acceptors (Lipinski definition) is 4. The number of rotatable bonds is 0. The minimum Gasteiger partial charge on any atom is -0.382 e. The van der Waals surface area contributed by atoms with Crippen molar-refractivity contribution in [2.24, 2.45) is 7.05 Å². The van der Waals surface area contributed by atoms with E-state index in [0.29, 0.717) is 0 Å². The molecule has 0 spiro atoms. The number of aromatic nitrogens is 2. The highest BCUT2D eigenvalue weighted by atomic mass is 16.1. The van der Waals surface area contributed by atoms with Gasteiger partial charge < -0.3 is 10.6 Å². The van der Waals surface area contributed by atoms with Crippen LogP contribution >= 0.6 is 0 Å². The Morgan fingerprint density at radius 1 is 1.57 bits per heavy atom. The summed E-state index contributed by atoms with van der Waals surface area (Å²) in [7, 11) is 1.67. The standard InChI is InChI=1S/C9H14N4O/c1-6-8-7(11-4-3-10-6)5-12-13(2)9(8)14/h5-6,10-11H,3-4H2,1-2H3. The zero-order valence-corrected chi connectivity index (χ0v) is 8.37. The second-order valence-electron chi connectivity index (χ2n) is 3.50. The van der Waals surface area contributed by atoms with Crippen molar-refractivity contribution in [3.8, 4) is 0 Å². The van der Waals surface area contributed by atoms with Crippen molar-refractivity contribution < 1.29 is 0 Å². The number of aryl methyl sites for hydroxylation is 1. The Kier molecular flexibility index (Phi) is 2.25. The molecule has 2 heterocycles.